The van der Waals surface area contributed by atoms with E-state index >= 15 is 0 Å². The highest BCUT2D eigenvalue weighted by molar-refractivity contribution is 7.85. The summed E-state index contributed by atoms with van der Waals surface area (Å²) in [5.74, 6) is -1.50. The minimum Gasteiger partial charge on any atom is -0.505 e. The van der Waals surface area contributed by atoms with Gasteiger partial charge < -0.3 is 10.2 Å². The molecule has 0 saturated carbocycles. The number of carbonyl (C=O) groups is 2. The van der Waals surface area contributed by atoms with Crippen molar-refractivity contribution < 1.29 is 32.8 Å². The van der Waals surface area contributed by atoms with Crippen molar-refractivity contribution in [2.24, 2.45) is 10.2 Å². The second-order valence-electron chi connectivity index (χ2n) is 5.44. The van der Waals surface area contributed by atoms with Crippen LogP contribution in [0.25, 0.3) is 0 Å². The molecule has 142 valence electrons. The summed E-state index contributed by atoms with van der Waals surface area (Å²) in [4.78, 5) is 25.9. The number of benzene rings is 1. The Kier molecular flexibility index (Phi) is 5.98. The van der Waals surface area contributed by atoms with Gasteiger partial charge in [0.15, 0.2) is 12.1 Å². The Labute approximate surface area is 154 Å². The lowest BCUT2D eigenvalue weighted by atomic mass is 10.0. The Morgan fingerprint density at radius 1 is 1.22 bits per heavy atom. The Bertz CT molecular complexity index is 1020. The van der Waals surface area contributed by atoms with Crippen LogP contribution >= 0.6 is 0 Å². The number of aromatic hydroxyl groups is 1. The molecule has 2 aromatic rings. The van der Waals surface area contributed by atoms with E-state index in [0.29, 0.717) is 6.29 Å². The molecule has 27 heavy (non-hydrogen) atoms. The molecule has 0 amide bonds. The van der Waals surface area contributed by atoms with E-state index in [4.69, 9.17) is 9.66 Å². The predicted octanol–water partition coefficient (Wildman–Crippen LogP) is 2.59. The van der Waals surface area contributed by atoms with Gasteiger partial charge in [-0.15, -0.1) is 10.2 Å². The van der Waals surface area contributed by atoms with Crippen LogP contribution in [0.3, 0.4) is 0 Å². The summed E-state index contributed by atoms with van der Waals surface area (Å²) >= 11 is 0. The number of carbonyl (C=O) groups excluding carboxylic acids is 1. The van der Waals surface area contributed by atoms with Crippen LogP contribution < -0.4 is 0 Å². The minimum atomic E-state index is -4.34. The van der Waals surface area contributed by atoms with Crippen molar-refractivity contribution in [1.29, 1.82) is 0 Å². The van der Waals surface area contributed by atoms with Crippen molar-refractivity contribution in [2.75, 3.05) is 0 Å². The molecule has 0 atom stereocenters. The number of rotatable bonds is 7. The van der Waals surface area contributed by atoms with Crippen molar-refractivity contribution in [3.63, 3.8) is 0 Å². The summed E-state index contributed by atoms with van der Waals surface area (Å²) in [5, 5.41) is 26.6. The highest BCUT2D eigenvalue weighted by atomic mass is 32.2. The lowest BCUT2D eigenvalue weighted by Crippen LogP contribution is -2.03. The monoisotopic (exact) mass is 393 g/mol. The fraction of sp³-hybridized carbons (Fsp3) is 0.188. The van der Waals surface area contributed by atoms with E-state index in [1.165, 1.54) is 19.1 Å². The third-order valence-corrected chi connectivity index (χ3v) is 4.44. The molecule has 0 aliphatic heterocycles. The SMILES string of the molecule is Cc1nc(/N=N/c2ccc(S(=O)(=O)O)cc2)c(CCC(=O)O)c(C=O)c1O. The van der Waals surface area contributed by atoms with Crippen LogP contribution in [0.1, 0.15) is 28.0 Å². The minimum absolute atomic E-state index is 0.0347. The maximum atomic E-state index is 11.3. The van der Waals surface area contributed by atoms with E-state index in [2.05, 4.69) is 15.2 Å². The maximum Gasteiger partial charge on any atom is 0.303 e. The highest BCUT2D eigenvalue weighted by Crippen LogP contribution is 2.31. The Morgan fingerprint density at radius 2 is 1.85 bits per heavy atom. The Hall–Kier alpha value is -3.18. The third kappa shape index (κ3) is 4.92. The molecule has 0 bridgehead atoms. The van der Waals surface area contributed by atoms with Crippen molar-refractivity contribution in [3.8, 4) is 5.75 Å². The summed E-state index contributed by atoms with van der Waals surface area (Å²) in [5.41, 5.74) is 0.367. The van der Waals surface area contributed by atoms with E-state index in [9.17, 15) is 23.1 Å². The average Bonchev–Trinajstić information content (AvgIpc) is 2.60. The molecule has 2 rings (SSSR count). The first-order valence-corrected chi connectivity index (χ1v) is 8.96. The first kappa shape index (κ1) is 20.1. The molecule has 0 aliphatic carbocycles. The second kappa shape index (κ2) is 8.01. The van der Waals surface area contributed by atoms with Gasteiger partial charge in [0.25, 0.3) is 10.1 Å². The van der Waals surface area contributed by atoms with Crippen molar-refractivity contribution in [2.45, 2.75) is 24.7 Å². The standard InChI is InChI=1S/C16H15N3O7S/c1-9-15(23)13(8-20)12(6-7-14(21)22)16(17-9)19-18-10-2-4-11(5-3-10)27(24,25)26/h2-5,8,23H,6-7H2,1H3,(H,21,22)(H,24,25,26)/b19-18+. The number of aromatic nitrogens is 1. The van der Waals surface area contributed by atoms with Gasteiger partial charge in [-0.1, -0.05) is 0 Å². The number of aryl methyl sites for hydroxylation is 1. The fourth-order valence-corrected chi connectivity index (χ4v) is 2.70. The van der Waals surface area contributed by atoms with E-state index in [1.807, 2.05) is 0 Å². The summed E-state index contributed by atoms with van der Waals surface area (Å²) < 4.78 is 31.0. The van der Waals surface area contributed by atoms with E-state index < -0.39 is 16.1 Å². The van der Waals surface area contributed by atoms with Crippen LogP contribution in [0.4, 0.5) is 11.5 Å². The quantitative estimate of drug-likeness (QED) is 0.366. The zero-order chi connectivity index (χ0) is 20.2. The van der Waals surface area contributed by atoms with Gasteiger partial charge in [0.05, 0.1) is 21.8 Å². The van der Waals surface area contributed by atoms with E-state index in [1.54, 1.807) is 0 Å². The molecular formula is C16H15N3O7S. The fourth-order valence-electron chi connectivity index (χ4n) is 2.22. The molecular weight excluding hydrogens is 378 g/mol. The zero-order valence-electron chi connectivity index (χ0n) is 14.0. The molecule has 3 N–H and O–H groups in total. The number of carboxylic acid groups (broad SMARTS) is 1. The normalized spacial score (nSPS) is 11.6. The number of aldehydes is 1. The molecule has 0 fully saturated rings. The van der Waals surface area contributed by atoms with Crippen LogP contribution in [0, 0.1) is 6.92 Å². The van der Waals surface area contributed by atoms with Gasteiger partial charge in [-0.2, -0.15) is 8.42 Å². The first-order valence-electron chi connectivity index (χ1n) is 7.52. The second-order valence-corrected chi connectivity index (χ2v) is 6.86. The van der Waals surface area contributed by atoms with Gasteiger partial charge in [0.2, 0.25) is 0 Å². The first-order chi connectivity index (χ1) is 12.6. The third-order valence-electron chi connectivity index (χ3n) is 3.57. The van der Waals surface area contributed by atoms with Crippen LogP contribution in [0.15, 0.2) is 39.4 Å². The van der Waals surface area contributed by atoms with Gasteiger partial charge in [0, 0.05) is 12.0 Å². The smallest absolute Gasteiger partial charge is 0.303 e. The van der Waals surface area contributed by atoms with E-state index in [0.717, 1.165) is 12.1 Å². The lowest BCUT2D eigenvalue weighted by Gasteiger charge is -2.10. The molecule has 0 unspecified atom stereocenters. The summed E-state index contributed by atoms with van der Waals surface area (Å²) in [6.07, 6.45) is -0.0159. The summed E-state index contributed by atoms with van der Waals surface area (Å²) in [6.45, 7) is 1.45. The molecule has 1 heterocycles. The number of carboxylic acids is 1. The molecule has 0 spiro atoms. The molecule has 0 saturated heterocycles. The van der Waals surface area contributed by atoms with Crippen molar-refractivity contribution in [1.82, 2.24) is 4.98 Å². The number of azo groups is 1. The van der Waals surface area contributed by atoms with Crippen LogP contribution in [0.5, 0.6) is 5.75 Å². The molecule has 1 aromatic heterocycles. The largest absolute Gasteiger partial charge is 0.505 e. The summed E-state index contributed by atoms with van der Waals surface area (Å²) in [7, 11) is -4.34. The van der Waals surface area contributed by atoms with Crippen LogP contribution in [-0.4, -0.2) is 40.4 Å². The topological polar surface area (TPSA) is 167 Å². The van der Waals surface area contributed by atoms with Gasteiger partial charge in [-0.3, -0.25) is 14.1 Å². The maximum absolute atomic E-state index is 11.3. The Balaban J connectivity index is 2.44. The molecule has 10 nitrogen and oxygen atoms in total. The lowest BCUT2D eigenvalue weighted by molar-refractivity contribution is -0.136. The average molecular weight is 393 g/mol. The summed E-state index contributed by atoms with van der Waals surface area (Å²) in [6, 6.07) is 4.83. The molecule has 0 aliphatic rings. The van der Waals surface area contributed by atoms with Gasteiger partial charge in [-0.25, -0.2) is 4.98 Å². The van der Waals surface area contributed by atoms with E-state index in [-0.39, 0.29) is 51.8 Å². The van der Waals surface area contributed by atoms with Crippen molar-refractivity contribution in [3.05, 3.63) is 41.1 Å². The molecule has 1 aromatic carbocycles. The molecule has 0 radical (unpaired) electrons. The van der Waals surface area contributed by atoms with Crippen LogP contribution in [0.2, 0.25) is 0 Å². The number of hydrogen-bond acceptors (Lipinski definition) is 8. The predicted molar refractivity (Wildman–Crippen MR) is 92.4 cm³/mol. The number of hydrogen-bond donors (Lipinski definition) is 3. The van der Waals surface area contributed by atoms with Gasteiger partial charge in [-0.05, 0) is 37.6 Å². The zero-order valence-corrected chi connectivity index (χ0v) is 14.8. The Morgan fingerprint density at radius 3 is 2.37 bits per heavy atom. The number of pyridine rings is 1. The molecule has 11 heteroatoms. The number of nitrogens with zero attached hydrogens (tertiary/aromatic N) is 3. The van der Waals surface area contributed by atoms with Gasteiger partial charge in [0.1, 0.15) is 5.75 Å². The number of aliphatic carboxylic acids is 1. The highest BCUT2D eigenvalue weighted by Gasteiger charge is 2.18. The van der Waals surface area contributed by atoms with Crippen molar-refractivity contribution >= 4 is 33.9 Å². The van der Waals surface area contributed by atoms with Gasteiger partial charge >= 0.3 is 5.97 Å². The van der Waals surface area contributed by atoms with Crippen LogP contribution in [-0.2, 0) is 21.3 Å².